The number of hydrogen-bond donors (Lipinski definition) is 2. The number of nitrogens with one attached hydrogen (secondary N) is 1. The smallest absolute Gasteiger partial charge is 0.331 e. The number of fused-ring (bicyclic) bond motifs is 2. The van der Waals surface area contributed by atoms with E-state index in [1.807, 2.05) is 24.3 Å². The number of ether oxygens (including phenoxy) is 1. The third-order valence-corrected chi connectivity index (χ3v) is 7.82. The van der Waals surface area contributed by atoms with Crippen LogP contribution < -0.4 is 5.32 Å². The summed E-state index contributed by atoms with van der Waals surface area (Å²) in [5.74, 6) is 0.538. The van der Waals surface area contributed by atoms with Gasteiger partial charge in [-0.15, -0.1) is 0 Å². The molecule has 4 nitrogen and oxygen atoms in total. The maximum atomic E-state index is 13.0. The molecule has 0 radical (unpaired) electrons. The standard InChI is InChI=1S/C26H32ClNO3/c1-18(17-29)14-20-15-19-6-3-4-9-23(19)25(20)10-12-26(13-11-25,24(30)31-2)28-22-8-5-7-21(27)16-22/h3-9,16,18,20,28-29H,10-15,17H2,1-2H3/t18-,20?,25?,26?/m1/s1. The van der Waals surface area contributed by atoms with E-state index in [-0.39, 0.29) is 23.9 Å². The zero-order chi connectivity index (χ0) is 22.1. The molecule has 0 heterocycles. The third kappa shape index (κ3) is 4.08. The van der Waals surface area contributed by atoms with Crippen LogP contribution in [0.2, 0.25) is 5.02 Å². The molecular weight excluding hydrogens is 410 g/mol. The summed E-state index contributed by atoms with van der Waals surface area (Å²) in [7, 11) is 1.46. The number of methoxy groups -OCH3 is 1. The highest BCUT2D eigenvalue weighted by Crippen LogP contribution is 2.56. The molecule has 1 unspecified atom stereocenters. The van der Waals surface area contributed by atoms with E-state index in [2.05, 4.69) is 36.5 Å². The quantitative estimate of drug-likeness (QED) is 0.592. The lowest BCUT2D eigenvalue weighted by Gasteiger charge is -2.47. The molecule has 1 spiro atoms. The summed E-state index contributed by atoms with van der Waals surface area (Å²) in [6.45, 7) is 2.34. The van der Waals surface area contributed by atoms with Gasteiger partial charge in [0, 0.05) is 17.3 Å². The van der Waals surface area contributed by atoms with E-state index in [1.165, 1.54) is 18.2 Å². The van der Waals surface area contributed by atoms with Crippen molar-refractivity contribution in [3.63, 3.8) is 0 Å². The number of rotatable bonds is 6. The Morgan fingerprint density at radius 1 is 1.19 bits per heavy atom. The van der Waals surface area contributed by atoms with Gasteiger partial charge in [-0.25, -0.2) is 4.79 Å². The van der Waals surface area contributed by atoms with Crippen LogP contribution in [0, 0.1) is 11.8 Å². The van der Waals surface area contributed by atoms with Crippen LogP contribution in [-0.2, 0) is 21.4 Å². The number of benzene rings is 2. The van der Waals surface area contributed by atoms with Gasteiger partial charge in [0.1, 0.15) is 5.54 Å². The van der Waals surface area contributed by atoms with Crippen molar-refractivity contribution in [2.75, 3.05) is 19.0 Å². The van der Waals surface area contributed by atoms with Gasteiger partial charge in [0.2, 0.25) is 0 Å². The molecule has 1 fully saturated rings. The van der Waals surface area contributed by atoms with E-state index in [1.54, 1.807) is 0 Å². The van der Waals surface area contributed by atoms with Gasteiger partial charge in [-0.2, -0.15) is 0 Å². The number of halogens is 1. The summed E-state index contributed by atoms with van der Waals surface area (Å²) in [4.78, 5) is 13.0. The molecule has 2 aromatic carbocycles. The van der Waals surface area contributed by atoms with Crippen molar-refractivity contribution in [3.8, 4) is 0 Å². The number of hydrogen-bond acceptors (Lipinski definition) is 4. The Morgan fingerprint density at radius 3 is 2.61 bits per heavy atom. The predicted octanol–water partition coefficient (Wildman–Crippen LogP) is 5.37. The van der Waals surface area contributed by atoms with Crippen LogP contribution in [-0.4, -0.2) is 30.3 Å². The molecule has 0 aromatic heterocycles. The Hall–Kier alpha value is -2.04. The Morgan fingerprint density at radius 2 is 1.94 bits per heavy atom. The van der Waals surface area contributed by atoms with E-state index < -0.39 is 5.54 Å². The Labute approximate surface area is 190 Å². The molecule has 4 rings (SSSR count). The van der Waals surface area contributed by atoms with Crippen LogP contribution in [0.1, 0.15) is 50.2 Å². The number of carbonyl (C=O) groups excluding carboxylic acids is 1. The molecule has 5 heteroatoms. The van der Waals surface area contributed by atoms with E-state index in [0.717, 1.165) is 31.4 Å². The Bertz CT molecular complexity index is 936. The molecule has 2 atom stereocenters. The first-order valence-electron chi connectivity index (χ1n) is 11.2. The first-order valence-corrected chi connectivity index (χ1v) is 11.6. The molecular formula is C26H32ClNO3. The molecule has 0 saturated heterocycles. The summed E-state index contributed by atoms with van der Waals surface area (Å²) in [6, 6.07) is 16.3. The van der Waals surface area contributed by atoms with Gasteiger partial charge in [0.05, 0.1) is 7.11 Å². The molecule has 2 N–H and O–H groups in total. The van der Waals surface area contributed by atoms with Gasteiger partial charge >= 0.3 is 5.97 Å². The van der Waals surface area contributed by atoms with Crippen LogP contribution in [0.5, 0.6) is 0 Å². The number of aliphatic hydroxyl groups excluding tert-OH is 1. The van der Waals surface area contributed by atoms with E-state index in [9.17, 15) is 9.90 Å². The van der Waals surface area contributed by atoms with Crippen molar-refractivity contribution in [1.82, 2.24) is 0 Å². The largest absolute Gasteiger partial charge is 0.467 e. The van der Waals surface area contributed by atoms with Gasteiger partial charge in [0.25, 0.3) is 0 Å². The maximum absolute atomic E-state index is 13.0. The second-order valence-corrected chi connectivity index (χ2v) is 9.88. The van der Waals surface area contributed by atoms with Crippen molar-refractivity contribution in [3.05, 3.63) is 64.7 Å². The minimum atomic E-state index is -0.755. The van der Waals surface area contributed by atoms with Gasteiger partial charge in [-0.05, 0) is 85.1 Å². The minimum absolute atomic E-state index is 0.0492. The van der Waals surface area contributed by atoms with Crippen LogP contribution in [0.15, 0.2) is 48.5 Å². The molecule has 2 aliphatic carbocycles. The fourth-order valence-electron chi connectivity index (χ4n) is 5.95. The maximum Gasteiger partial charge on any atom is 0.331 e. The molecule has 0 aliphatic heterocycles. The first-order chi connectivity index (χ1) is 14.9. The Kier molecular flexibility index (Phi) is 6.32. The highest BCUT2D eigenvalue weighted by Gasteiger charge is 2.54. The molecule has 31 heavy (non-hydrogen) atoms. The molecule has 0 bridgehead atoms. The lowest BCUT2D eigenvalue weighted by Crippen LogP contribution is -2.53. The Balaban J connectivity index is 1.64. The topological polar surface area (TPSA) is 58.6 Å². The van der Waals surface area contributed by atoms with Gasteiger partial charge in [-0.3, -0.25) is 0 Å². The van der Waals surface area contributed by atoms with Crippen molar-refractivity contribution < 1.29 is 14.6 Å². The van der Waals surface area contributed by atoms with Gasteiger partial charge < -0.3 is 15.2 Å². The molecule has 0 amide bonds. The number of aliphatic hydroxyl groups is 1. The minimum Gasteiger partial charge on any atom is -0.467 e. The highest BCUT2D eigenvalue weighted by molar-refractivity contribution is 6.30. The first kappa shape index (κ1) is 22.2. The molecule has 1 saturated carbocycles. The zero-order valence-corrected chi connectivity index (χ0v) is 19.1. The summed E-state index contributed by atoms with van der Waals surface area (Å²) in [6.07, 6.45) is 5.27. The number of anilines is 1. The second kappa shape index (κ2) is 8.84. The van der Waals surface area contributed by atoms with Crippen molar-refractivity contribution in [2.45, 2.75) is 56.4 Å². The van der Waals surface area contributed by atoms with Crippen LogP contribution >= 0.6 is 11.6 Å². The normalized spacial score (nSPS) is 28.2. The predicted molar refractivity (Wildman–Crippen MR) is 124 cm³/mol. The summed E-state index contributed by atoms with van der Waals surface area (Å²) >= 11 is 6.18. The van der Waals surface area contributed by atoms with Crippen molar-refractivity contribution in [2.24, 2.45) is 11.8 Å². The zero-order valence-electron chi connectivity index (χ0n) is 18.4. The SMILES string of the molecule is COC(=O)C1(Nc2cccc(Cl)c2)CCC2(CC1)c1ccccc1CC2C[C@@H](C)CO. The average Bonchev–Trinajstić information content (AvgIpc) is 3.07. The van der Waals surface area contributed by atoms with Crippen LogP contribution in [0.25, 0.3) is 0 Å². The van der Waals surface area contributed by atoms with Gasteiger partial charge in [0.15, 0.2) is 0 Å². The average molecular weight is 442 g/mol. The lowest BCUT2D eigenvalue weighted by atomic mass is 9.59. The van der Waals surface area contributed by atoms with Gasteiger partial charge in [-0.1, -0.05) is 48.9 Å². The monoisotopic (exact) mass is 441 g/mol. The van der Waals surface area contributed by atoms with Crippen LogP contribution in [0.4, 0.5) is 5.69 Å². The van der Waals surface area contributed by atoms with E-state index in [0.29, 0.717) is 23.8 Å². The van der Waals surface area contributed by atoms with Crippen LogP contribution in [0.3, 0.4) is 0 Å². The van der Waals surface area contributed by atoms with Crippen molar-refractivity contribution in [1.29, 1.82) is 0 Å². The number of carbonyl (C=O) groups is 1. The second-order valence-electron chi connectivity index (χ2n) is 9.45. The summed E-state index contributed by atoms with van der Waals surface area (Å²) in [5, 5.41) is 13.8. The molecule has 2 aliphatic rings. The summed E-state index contributed by atoms with van der Waals surface area (Å²) < 4.78 is 5.26. The fraction of sp³-hybridized carbons (Fsp3) is 0.500. The lowest BCUT2D eigenvalue weighted by molar-refractivity contribution is -0.148. The fourth-order valence-corrected chi connectivity index (χ4v) is 6.14. The third-order valence-electron chi connectivity index (χ3n) is 7.58. The highest BCUT2D eigenvalue weighted by atomic mass is 35.5. The van der Waals surface area contributed by atoms with Crippen molar-refractivity contribution >= 4 is 23.3 Å². The van der Waals surface area contributed by atoms with E-state index in [4.69, 9.17) is 16.3 Å². The van der Waals surface area contributed by atoms with E-state index >= 15 is 0 Å². The molecule has 2 aromatic rings. The molecule has 166 valence electrons. The summed E-state index contributed by atoms with van der Waals surface area (Å²) in [5.41, 5.74) is 2.99. The number of esters is 1.